The number of piperidine rings is 1. The van der Waals surface area contributed by atoms with Crippen LogP contribution in [0.4, 0.5) is 0 Å². The van der Waals surface area contributed by atoms with Gasteiger partial charge in [0.2, 0.25) is 17.7 Å². The minimum Gasteiger partial charge on any atom is -0.369 e. The number of amides is 3. The SMILES string of the molecule is CC1CCC(C(N)=O)CN1C(=O)C1CNC(=O)CN1. The van der Waals surface area contributed by atoms with E-state index in [1.807, 2.05) is 6.92 Å². The van der Waals surface area contributed by atoms with Gasteiger partial charge in [0.05, 0.1) is 12.5 Å². The average molecular weight is 268 g/mol. The topological polar surface area (TPSA) is 105 Å². The number of piperazine rings is 1. The van der Waals surface area contributed by atoms with Crippen molar-refractivity contribution in [2.75, 3.05) is 19.6 Å². The summed E-state index contributed by atoms with van der Waals surface area (Å²) in [7, 11) is 0. The predicted molar refractivity (Wildman–Crippen MR) is 67.9 cm³/mol. The van der Waals surface area contributed by atoms with E-state index in [1.165, 1.54) is 0 Å². The van der Waals surface area contributed by atoms with Crippen molar-refractivity contribution in [3.05, 3.63) is 0 Å². The van der Waals surface area contributed by atoms with Gasteiger partial charge in [-0.2, -0.15) is 0 Å². The first-order valence-electron chi connectivity index (χ1n) is 6.59. The maximum atomic E-state index is 12.4. The minimum atomic E-state index is -0.410. The number of carbonyl (C=O) groups excluding carboxylic acids is 3. The molecule has 0 aromatic heterocycles. The molecule has 3 unspecified atom stereocenters. The normalized spacial score (nSPS) is 31.7. The monoisotopic (exact) mass is 268 g/mol. The summed E-state index contributed by atoms with van der Waals surface area (Å²) in [4.78, 5) is 36.4. The standard InChI is InChI=1S/C12H20N4O3/c1-7-2-3-8(11(13)18)6-16(7)12(19)9-4-15-10(17)5-14-9/h7-9,14H,2-6H2,1H3,(H2,13,18)(H,15,17). The third kappa shape index (κ3) is 3.04. The molecule has 2 aliphatic heterocycles. The highest BCUT2D eigenvalue weighted by Gasteiger charge is 2.35. The van der Waals surface area contributed by atoms with Gasteiger partial charge >= 0.3 is 0 Å². The number of carbonyl (C=O) groups is 3. The molecule has 2 aliphatic rings. The van der Waals surface area contributed by atoms with E-state index in [1.54, 1.807) is 4.90 Å². The van der Waals surface area contributed by atoms with Gasteiger partial charge in [-0.1, -0.05) is 0 Å². The summed E-state index contributed by atoms with van der Waals surface area (Å²) in [6.45, 7) is 2.79. The Morgan fingerprint density at radius 2 is 2.11 bits per heavy atom. The van der Waals surface area contributed by atoms with Crippen LogP contribution in [0.25, 0.3) is 0 Å². The van der Waals surface area contributed by atoms with Crippen LogP contribution in [0.5, 0.6) is 0 Å². The highest BCUT2D eigenvalue weighted by atomic mass is 16.2. The second-order valence-electron chi connectivity index (χ2n) is 5.25. The van der Waals surface area contributed by atoms with Gasteiger partial charge in [0, 0.05) is 19.1 Å². The van der Waals surface area contributed by atoms with Crippen molar-refractivity contribution in [3.8, 4) is 0 Å². The number of hydrogen-bond acceptors (Lipinski definition) is 4. The van der Waals surface area contributed by atoms with Crippen molar-refractivity contribution >= 4 is 17.7 Å². The van der Waals surface area contributed by atoms with Crippen LogP contribution in [0.2, 0.25) is 0 Å². The predicted octanol–water partition coefficient (Wildman–Crippen LogP) is -1.81. The first kappa shape index (κ1) is 13.8. The zero-order valence-electron chi connectivity index (χ0n) is 11.0. The molecule has 106 valence electrons. The van der Waals surface area contributed by atoms with Crippen molar-refractivity contribution < 1.29 is 14.4 Å². The summed E-state index contributed by atoms with van der Waals surface area (Å²) in [6, 6.07) is -0.311. The first-order valence-corrected chi connectivity index (χ1v) is 6.59. The van der Waals surface area contributed by atoms with Gasteiger partial charge in [-0.3, -0.25) is 19.7 Å². The molecule has 4 N–H and O–H groups in total. The lowest BCUT2D eigenvalue weighted by molar-refractivity contribution is -0.140. The molecule has 0 aromatic rings. The Bertz CT molecular complexity index is 388. The fourth-order valence-corrected chi connectivity index (χ4v) is 2.59. The van der Waals surface area contributed by atoms with Crippen molar-refractivity contribution in [1.82, 2.24) is 15.5 Å². The quantitative estimate of drug-likeness (QED) is 0.549. The molecular formula is C12H20N4O3. The lowest BCUT2D eigenvalue weighted by Gasteiger charge is -2.39. The molecule has 0 radical (unpaired) electrons. The molecule has 3 amide bonds. The lowest BCUT2D eigenvalue weighted by Crippen LogP contribution is -2.61. The number of primary amides is 1. The van der Waals surface area contributed by atoms with Crippen LogP contribution in [-0.4, -0.2) is 54.3 Å². The van der Waals surface area contributed by atoms with Crippen LogP contribution in [0.3, 0.4) is 0 Å². The van der Waals surface area contributed by atoms with E-state index < -0.39 is 6.04 Å². The molecule has 0 bridgehead atoms. The van der Waals surface area contributed by atoms with Gasteiger partial charge in [0.1, 0.15) is 6.04 Å². The first-order chi connectivity index (χ1) is 8.99. The van der Waals surface area contributed by atoms with E-state index in [-0.39, 0.29) is 36.2 Å². The number of nitrogens with one attached hydrogen (secondary N) is 2. The Kier molecular flexibility index (Phi) is 4.04. The number of rotatable bonds is 2. The molecule has 0 aromatic carbocycles. The molecule has 0 aliphatic carbocycles. The summed E-state index contributed by atoms with van der Waals surface area (Å²) >= 11 is 0. The molecule has 0 saturated carbocycles. The van der Waals surface area contributed by atoms with Gasteiger partial charge in [0.25, 0.3) is 0 Å². The summed E-state index contributed by atoms with van der Waals surface area (Å²) in [5, 5.41) is 5.57. The summed E-state index contributed by atoms with van der Waals surface area (Å²) in [5.41, 5.74) is 5.32. The van der Waals surface area contributed by atoms with E-state index in [2.05, 4.69) is 10.6 Å². The van der Waals surface area contributed by atoms with Gasteiger partial charge in [-0.15, -0.1) is 0 Å². The van der Waals surface area contributed by atoms with Crippen LogP contribution >= 0.6 is 0 Å². The van der Waals surface area contributed by atoms with Crippen LogP contribution in [0, 0.1) is 5.92 Å². The molecule has 2 rings (SSSR count). The van der Waals surface area contributed by atoms with E-state index in [9.17, 15) is 14.4 Å². The van der Waals surface area contributed by atoms with Crippen LogP contribution in [0.15, 0.2) is 0 Å². The van der Waals surface area contributed by atoms with Crippen LogP contribution in [0.1, 0.15) is 19.8 Å². The maximum absolute atomic E-state index is 12.4. The van der Waals surface area contributed by atoms with E-state index in [0.29, 0.717) is 13.1 Å². The zero-order valence-corrected chi connectivity index (χ0v) is 11.0. The second-order valence-corrected chi connectivity index (χ2v) is 5.25. The largest absolute Gasteiger partial charge is 0.369 e. The highest BCUT2D eigenvalue weighted by molar-refractivity contribution is 5.87. The Labute approximate surface area is 111 Å². The summed E-state index contributed by atoms with van der Waals surface area (Å²) in [5.74, 6) is -0.794. The van der Waals surface area contributed by atoms with Crippen LogP contribution in [-0.2, 0) is 14.4 Å². The van der Waals surface area contributed by atoms with E-state index >= 15 is 0 Å². The average Bonchev–Trinajstić information content (AvgIpc) is 2.39. The van der Waals surface area contributed by atoms with Crippen molar-refractivity contribution in [3.63, 3.8) is 0 Å². The fraction of sp³-hybridized carbons (Fsp3) is 0.750. The molecular weight excluding hydrogens is 248 g/mol. The van der Waals surface area contributed by atoms with Gasteiger partial charge in [-0.25, -0.2) is 0 Å². The number of nitrogens with two attached hydrogens (primary N) is 1. The van der Waals surface area contributed by atoms with Gasteiger partial charge in [-0.05, 0) is 19.8 Å². The molecule has 2 heterocycles. The minimum absolute atomic E-state index is 0.0709. The zero-order chi connectivity index (χ0) is 14.0. The number of nitrogens with zero attached hydrogens (tertiary/aromatic N) is 1. The van der Waals surface area contributed by atoms with Crippen molar-refractivity contribution in [2.45, 2.75) is 31.8 Å². The second kappa shape index (κ2) is 5.56. The maximum Gasteiger partial charge on any atom is 0.241 e. The number of hydrogen-bond donors (Lipinski definition) is 3. The summed E-state index contributed by atoms with van der Waals surface area (Å²) in [6.07, 6.45) is 1.51. The molecule has 2 fully saturated rings. The third-order valence-electron chi connectivity index (χ3n) is 3.88. The molecule has 7 nitrogen and oxygen atoms in total. The molecule has 19 heavy (non-hydrogen) atoms. The van der Waals surface area contributed by atoms with E-state index in [0.717, 1.165) is 12.8 Å². The number of likely N-dealkylation sites (tertiary alicyclic amines) is 1. The van der Waals surface area contributed by atoms with Crippen molar-refractivity contribution in [1.29, 1.82) is 0 Å². The van der Waals surface area contributed by atoms with E-state index in [4.69, 9.17) is 5.73 Å². The Morgan fingerprint density at radius 1 is 1.37 bits per heavy atom. The smallest absolute Gasteiger partial charge is 0.241 e. The molecule has 0 spiro atoms. The molecule has 2 saturated heterocycles. The summed E-state index contributed by atoms with van der Waals surface area (Å²) < 4.78 is 0. The lowest BCUT2D eigenvalue weighted by atomic mass is 9.92. The third-order valence-corrected chi connectivity index (χ3v) is 3.88. The fourth-order valence-electron chi connectivity index (χ4n) is 2.59. The Hall–Kier alpha value is -1.63. The van der Waals surface area contributed by atoms with Crippen molar-refractivity contribution in [2.24, 2.45) is 11.7 Å². The van der Waals surface area contributed by atoms with Gasteiger partial charge in [0.15, 0.2) is 0 Å². The highest BCUT2D eigenvalue weighted by Crippen LogP contribution is 2.22. The van der Waals surface area contributed by atoms with Gasteiger partial charge < -0.3 is 16.0 Å². The molecule has 7 heteroatoms. The van der Waals surface area contributed by atoms with Crippen LogP contribution < -0.4 is 16.4 Å². The Morgan fingerprint density at radius 3 is 2.68 bits per heavy atom. The Balaban J connectivity index is 2.00. The molecule has 3 atom stereocenters.